The van der Waals surface area contributed by atoms with Crippen LogP contribution in [0.2, 0.25) is 0 Å². The van der Waals surface area contributed by atoms with Gasteiger partial charge in [0.25, 0.3) is 0 Å². The Balaban J connectivity index is 1.47. The van der Waals surface area contributed by atoms with E-state index in [4.69, 9.17) is 0 Å². The molecule has 3 rings (SSSR count). The molecule has 1 aliphatic carbocycles. The number of hydrogen-bond acceptors (Lipinski definition) is 3. The van der Waals surface area contributed by atoms with Gasteiger partial charge >= 0.3 is 0 Å². The molecule has 1 aromatic rings. The molecule has 1 fully saturated rings. The van der Waals surface area contributed by atoms with Crippen molar-refractivity contribution in [2.75, 3.05) is 33.2 Å². The Bertz CT molecular complexity index is 430. The van der Waals surface area contributed by atoms with Gasteiger partial charge in [-0.25, -0.2) is 0 Å². The predicted octanol–water partition coefficient (Wildman–Crippen LogP) is 1.17. The van der Waals surface area contributed by atoms with E-state index in [1.165, 1.54) is 31.4 Å². The average molecular weight is 259 g/mol. The molecule has 1 heterocycles. The molecule has 1 saturated heterocycles. The van der Waals surface area contributed by atoms with Crippen LogP contribution in [0.15, 0.2) is 18.2 Å². The van der Waals surface area contributed by atoms with Crippen LogP contribution in [0, 0.1) is 0 Å². The van der Waals surface area contributed by atoms with Crippen LogP contribution in [0.3, 0.4) is 0 Å². The summed E-state index contributed by atoms with van der Waals surface area (Å²) >= 11 is 0. The fourth-order valence-electron chi connectivity index (χ4n) is 3.25. The van der Waals surface area contributed by atoms with E-state index in [2.05, 4.69) is 40.8 Å². The van der Waals surface area contributed by atoms with Crippen molar-refractivity contribution in [3.8, 4) is 0 Å². The highest BCUT2D eigenvalue weighted by Gasteiger charge is 2.15. The van der Waals surface area contributed by atoms with Crippen LogP contribution >= 0.6 is 0 Å². The highest BCUT2D eigenvalue weighted by Crippen LogP contribution is 2.22. The summed E-state index contributed by atoms with van der Waals surface area (Å²) in [5.41, 5.74) is 4.58. The molecule has 104 valence electrons. The number of benzene rings is 1. The third-order valence-electron chi connectivity index (χ3n) is 4.34. The van der Waals surface area contributed by atoms with Crippen molar-refractivity contribution >= 4 is 0 Å². The summed E-state index contributed by atoms with van der Waals surface area (Å²) in [7, 11) is 2.20. The zero-order valence-corrected chi connectivity index (χ0v) is 11.9. The average Bonchev–Trinajstić information content (AvgIpc) is 2.86. The summed E-state index contributed by atoms with van der Waals surface area (Å²) in [6.45, 7) is 5.48. The number of hydrogen-bond donors (Lipinski definition) is 2. The van der Waals surface area contributed by atoms with Crippen LogP contribution < -0.4 is 10.6 Å². The minimum absolute atomic E-state index is 0.591. The summed E-state index contributed by atoms with van der Waals surface area (Å²) in [4.78, 5) is 2.40. The lowest BCUT2D eigenvalue weighted by Gasteiger charge is -2.31. The van der Waals surface area contributed by atoms with Crippen LogP contribution in [-0.4, -0.2) is 44.2 Å². The Kier molecular flexibility index (Phi) is 4.16. The molecule has 0 radical (unpaired) electrons. The molecule has 1 unspecified atom stereocenters. The molecule has 3 nitrogen and oxygen atoms in total. The van der Waals surface area contributed by atoms with Gasteiger partial charge in [-0.15, -0.1) is 0 Å². The number of fused-ring (bicyclic) bond motifs is 1. The highest BCUT2D eigenvalue weighted by molar-refractivity contribution is 5.35. The summed E-state index contributed by atoms with van der Waals surface area (Å²) in [6.07, 6.45) is 3.89. The largest absolute Gasteiger partial charge is 0.311 e. The van der Waals surface area contributed by atoms with Gasteiger partial charge in [-0.3, -0.25) is 0 Å². The van der Waals surface area contributed by atoms with Gasteiger partial charge in [0, 0.05) is 38.8 Å². The molecular weight excluding hydrogens is 234 g/mol. The standard InChI is InChI=1S/C16H25N3/c1-19-8-7-18-16(12-19)11-17-10-13-5-6-14-3-2-4-15(14)9-13/h5-6,9,16-18H,2-4,7-8,10-12H2,1H3. The van der Waals surface area contributed by atoms with Crippen molar-refractivity contribution in [2.24, 2.45) is 0 Å². The first-order valence-electron chi connectivity index (χ1n) is 7.54. The van der Waals surface area contributed by atoms with E-state index in [1.807, 2.05) is 0 Å². The number of likely N-dealkylation sites (N-methyl/N-ethyl adjacent to an activating group) is 1. The van der Waals surface area contributed by atoms with E-state index in [9.17, 15) is 0 Å². The Morgan fingerprint density at radius 2 is 2.21 bits per heavy atom. The molecule has 0 saturated carbocycles. The van der Waals surface area contributed by atoms with Gasteiger partial charge in [-0.1, -0.05) is 18.2 Å². The third-order valence-corrected chi connectivity index (χ3v) is 4.34. The Morgan fingerprint density at radius 3 is 3.11 bits per heavy atom. The van der Waals surface area contributed by atoms with Gasteiger partial charge < -0.3 is 15.5 Å². The summed E-state index contributed by atoms with van der Waals surface area (Å²) in [5.74, 6) is 0. The first kappa shape index (κ1) is 13.1. The normalized spacial score (nSPS) is 23.5. The summed E-state index contributed by atoms with van der Waals surface area (Å²) in [5, 5.41) is 7.17. The molecule has 2 N–H and O–H groups in total. The minimum Gasteiger partial charge on any atom is -0.311 e. The second kappa shape index (κ2) is 6.04. The van der Waals surface area contributed by atoms with Crippen molar-refractivity contribution in [3.05, 3.63) is 34.9 Å². The lowest BCUT2D eigenvalue weighted by Crippen LogP contribution is -2.52. The summed E-state index contributed by atoms with van der Waals surface area (Å²) in [6, 6.07) is 7.60. The maximum atomic E-state index is 3.59. The lowest BCUT2D eigenvalue weighted by molar-refractivity contribution is 0.235. The third kappa shape index (κ3) is 3.35. The maximum absolute atomic E-state index is 3.59. The van der Waals surface area contributed by atoms with E-state index in [0.717, 1.165) is 26.2 Å². The predicted molar refractivity (Wildman–Crippen MR) is 79.5 cm³/mol. The maximum Gasteiger partial charge on any atom is 0.0320 e. The van der Waals surface area contributed by atoms with Gasteiger partial charge in [0.1, 0.15) is 0 Å². The van der Waals surface area contributed by atoms with Gasteiger partial charge in [0.05, 0.1) is 0 Å². The van der Waals surface area contributed by atoms with Gasteiger partial charge in [0.2, 0.25) is 0 Å². The zero-order valence-electron chi connectivity index (χ0n) is 11.9. The van der Waals surface area contributed by atoms with Crippen LogP contribution in [0.5, 0.6) is 0 Å². The Labute approximate surface area is 116 Å². The molecule has 0 amide bonds. The van der Waals surface area contributed by atoms with E-state index in [-0.39, 0.29) is 0 Å². The second-order valence-electron chi connectivity index (χ2n) is 6.00. The van der Waals surface area contributed by atoms with Crippen molar-refractivity contribution < 1.29 is 0 Å². The van der Waals surface area contributed by atoms with Gasteiger partial charge in [0.15, 0.2) is 0 Å². The fraction of sp³-hybridized carbons (Fsp3) is 0.625. The molecule has 2 aliphatic rings. The van der Waals surface area contributed by atoms with Gasteiger partial charge in [-0.05, 0) is 43.0 Å². The molecule has 1 aliphatic heterocycles. The van der Waals surface area contributed by atoms with E-state index >= 15 is 0 Å². The molecule has 0 aromatic heterocycles. The smallest absolute Gasteiger partial charge is 0.0320 e. The lowest BCUT2D eigenvalue weighted by atomic mass is 10.1. The monoisotopic (exact) mass is 259 g/mol. The molecule has 19 heavy (non-hydrogen) atoms. The van der Waals surface area contributed by atoms with E-state index in [0.29, 0.717) is 6.04 Å². The zero-order chi connectivity index (χ0) is 13.1. The fourth-order valence-corrected chi connectivity index (χ4v) is 3.25. The van der Waals surface area contributed by atoms with Crippen LogP contribution in [0.4, 0.5) is 0 Å². The van der Waals surface area contributed by atoms with Crippen LogP contribution in [-0.2, 0) is 19.4 Å². The minimum atomic E-state index is 0.591. The Hall–Kier alpha value is -0.900. The van der Waals surface area contributed by atoms with Gasteiger partial charge in [-0.2, -0.15) is 0 Å². The summed E-state index contributed by atoms with van der Waals surface area (Å²) < 4.78 is 0. The molecule has 0 bridgehead atoms. The second-order valence-corrected chi connectivity index (χ2v) is 6.00. The first-order valence-corrected chi connectivity index (χ1v) is 7.54. The van der Waals surface area contributed by atoms with Crippen LogP contribution in [0.25, 0.3) is 0 Å². The molecule has 1 atom stereocenters. The first-order chi connectivity index (χ1) is 9.31. The van der Waals surface area contributed by atoms with E-state index < -0.39 is 0 Å². The molecule has 1 aromatic carbocycles. The number of nitrogens with zero attached hydrogens (tertiary/aromatic N) is 1. The topological polar surface area (TPSA) is 27.3 Å². The molecule has 3 heteroatoms. The number of piperazine rings is 1. The number of aryl methyl sites for hydroxylation is 2. The quantitative estimate of drug-likeness (QED) is 0.850. The van der Waals surface area contributed by atoms with Crippen molar-refractivity contribution in [1.29, 1.82) is 0 Å². The highest BCUT2D eigenvalue weighted by atomic mass is 15.2. The SMILES string of the molecule is CN1CCNC(CNCc2ccc3c(c2)CCC3)C1. The molecular formula is C16H25N3. The van der Waals surface area contributed by atoms with Crippen molar-refractivity contribution in [2.45, 2.75) is 31.8 Å². The van der Waals surface area contributed by atoms with Crippen molar-refractivity contribution in [1.82, 2.24) is 15.5 Å². The number of rotatable bonds is 4. The Morgan fingerprint density at radius 1 is 1.32 bits per heavy atom. The number of nitrogens with one attached hydrogen (secondary N) is 2. The van der Waals surface area contributed by atoms with E-state index in [1.54, 1.807) is 11.1 Å². The molecule has 0 spiro atoms. The van der Waals surface area contributed by atoms with Crippen LogP contribution in [0.1, 0.15) is 23.1 Å². The van der Waals surface area contributed by atoms with Crippen molar-refractivity contribution in [3.63, 3.8) is 0 Å².